The molecule has 0 saturated carbocycles. The van der Waals surface area contributed by atoms with Gasteiger partial charge >= 0.3 is 0 Å². The van der Waals surface area contributed by atoms with Crippen molar-refractivity contribution in [2.75, 3.05) is 37.7 Å². The molecule has 7 nitrogen and oxygen atoms in total. The van der Waals surface area contributed by atoms with Gasteiger partial charge in [0.25, 0.3) is 5.91 Å². The lowest BCUT2D eigenvalue weighted by molar-refractivity contribution is -0.133. The zero-order valence-electron chi connectivity index (χ0n) is 15.7. The number of benzene rings is 1. The first kappa shape index (κ1) is 19.1. The van der Waals surface area contributed by atoms with Gasteiger partial charge in [0.2, 0.25) is 0 Å². The van der Waals surface area contributed by atoms with Gasteiger partial charge in [-0.05, 0) is 42.5 Å². The molecule has 1 saturated heterocycles. The van der Waals surface area contributed by atoms with E-state index in [0.717, 1.165) is 17.1 Å². The first-order valence-electron chi connectivity index (χ1n) is 9.34. The van der Waals surface area contributed by atoms with E-state index in [1.54, 1.807) is 41.6 Å². The fraction of sp³-hybridized carbons (Fsp3) is 0.238. The number of anilines is 1. The third kappa shape index (κ3) is 4.81. The molecule has 4 rings (SSSR count). The zero-order valence-corrected chi connectivity index (χ0v) is 16.5. The summed E-state index contributed by atoms with van der Waals surface area (Å²) in [4.78, 5) is 20.5. The van der Waals surface area contributed by atoms with E-state index < -0.39 is 0 Å². The van der Waals surface area contributed by atoms with Crippen molar-refractivity contribution in [2.45, 2.75) is 0 Å². The maximum atomic E-state index is 12.4. The number of hydrogen-bond acceptors (Lipinski definition) is 6. The monoisotopic (exact) mass is 409 g/mol. The maximum Gasteiger partial charge on any atom is 0.260 e. The van der Waals surface area contributed by atoms with E-state index in [2.05, 4.69) is 20.1 Å². The van der Waals surface area contributed by atoms with Crippen LogP contribution in [0.25, 0.3) is 11.3 Å². The first-order chi connectivity index (χ1) is 14.2. The summed E-state index contributed by atoms with van der Waals surface area (Å²) in [5.74, 6) is 1.36. The van der Waals surface area contributed by atoms with Crippen molar-refractivity contribution in [3.63, 3.8) is 0 Å². The highest BCUT2D eigenvalue weighted by atomic mass is 35.5. The van der Waals surface area contributed by atoms with E-state index in [1.165, 1.54) is 0 Å². The largest absolute Gasteiger partial charge is 0.484 e. The second-order valence-corrected chi connectivity index (χ2v) is 7.07. The lowest BCUT2D eigenvalue weighted by atomic mass is 10.2. The van der Waals surface area contributed by atoms with Crippen molar-refractivity contribution in [3.8, 4) is 17.0 Å². The van der Waals surface area contributed by atoms with E-state index in [0.29, 0.717) is 37.0 Å². The summed E-state index contributed by atoms with van der Waals surface area (Å²) < 4.78 is 5.55. The lowest BCUT2D eigenvalue weighted by Gasteiger charge is -2.35. The van der Waals surface area contributed by atoms with Crippen LogP contribution >= 0.6 is 11.6 Å². The summed E-state index contributed by atoms with van der Waals surface area (Å²) in [5, 5.41) is 9.23. The van der Waals surface area contributed by atoms with Crippen molar-refractivity contribution >= 4 is 23.3 Å². The van der Waals surface area contributed by atoms with Crippen molar-refractivity contribution in [2.24, 2.45) is 0 Å². The van der Waals surface area contributed by atoms with Crippen LogP contribution in [0.5, 0.6) is 5.75 Å². The predicted molar refractivity (Wildman–Crippen MR) is 111 cm³/mol. The van der Waals surface area contributed by atoms with Crippen LogP contribution in [-0.2, 0) is 4.79 Å². The Morgan fingerprint density at radius 3 is 2.59 bits per heavy atom. The van der Waals surface area contributed by atoms with Crippen LogP contribution in [0, 0.1) is 0 Å². The molecule has 0 unspecified atom stereocenters. The molecule has 1 aliphatic heterocycles. The summed E-state index contributed by atoms with van der Waals surface area (Å²) in [6.07, 6.45) is 3.49. The van der Waals surface area contributed by atoms with Crippen LogP contribution in [0.1, 0.15) is 0 Å². The number of amides is 1. The number of nitrogens with zero attached hydrogens (tertiary/aromatic N) is 5. The van der Waals surface area contributed by atoms with E-state index in [1.807, 2.05) is 24.3 Å². The molecule has 1 fully saturated rings. The van der Waals surface area contributed by atoms with Crippen LogP contribution < -0.4 is 9.64 Å². The van der Waals surface area contributed by atoms with E-state index in [4.69, 9.17) is 16.3 Å². The summed E-state index contributed by atoms with van der Waals surface area (Å²) in [5.41, 5.74) is 1.72. The summed E-state index contributed by atoms with van der Waals surface area (Å²) >= 11 is 5.93. The molecule has 0 radical (unpaired) electrons. The molecule has 0 atom stereocenters. The van der Waals surface area contributed by atoms with Crippen LogP contribution in [0.3, 0.4) is 0 Å². The molecule has 0 spiro atoms. The molecule has 29 heavy (non-hydrogen) atoms. The average molecular weight is 410 g/mol. The Labute approximate surface area is 173 Å². The number of ether oxygens (including phenoxy) is 1. The number of rotatable bonds is 5. The van der Waals surface area contributed by atoms with Gasteiger partial charge in [-0.3, -0.25) is 9.78 Å². The Hall–Kier alpha value is -3.19. The Morgan fingerprint density at radius 2 is 1.90 bits per heavy atom. The SMILES string of the molecule is O=C(COc1cccc(Cl)c1)N1CCN(c2ccc(-c3cccnc3)nn2)CC1. The maximum absolute atomic E-state index is 12.4. The number of aromatic nitrogens is 3. The van der Waals surface area contributed by atoms with Gasteiger partial charge < -0.3 is 14.5 Å². The van der Waals surface area contributed by atoms with Crippen molar-refractivity contribution in [1.29, 1.82) is 0 Å². The molecule has 1 aromatic carbocycles. The highest BCUT2D eigenvalue weighted by molar-refractivity contribution is 6.30. The molecule has 0 N–H and O–H groups in total. The molecule has 1 amide bonds. The summed E-state index contributed by atoms with van der Waals surface area (Å²) in [6.45, 7) is 2.63. The molecular formula is C21H20ClN5O2. The lowest BCUT2D eigenvalue weighted by Crippen LogP contribution is -2.50. The minimum absolute atomic E-state index is 0.0000437. The van der Waals surface area contributed by atoms with Crippen LogP contribution in [0.2, 0.25) is 5.02 Å². The fourth-order valence-corrected chi connectivity index (χ4v) is 3.32. The van der Waals surface area contributed by atoms with E-state index in [-0.39, 0.29) is 12.5 Å². The highest BCUT2D eigenvalue weighted by Crippen LogP contribution is 2.19. The Morgan fingerprint density at radius 1 is 1.03 bits per heavy atom. The molecule has 0 bridgehead atoms. The van der Waals surface area contributed by atoms with Gasteiger partial charge in [0.05, 0.1) is 5.69 Å². The molecule has 0 aliphatic carbocycles. The fourth-order valence-electron chi connectivity index (χ4n) is 3.14. The molecule has 8 heteroatoms. The minimum atomic E-state index is -0.0392. The first-order valence-corrected chi connectivity index (χ1v) is 9.72. The summed E-state index contributed by atoms with van der Waals surface area (Å²) in [6, 6.07) is 14.8. The van der Waals surface area contributed by atoms with Crippen molar-refractivity contribution < 1.29 is 9.53 Å². The summed E-state index contributed by atoms with van der Waals surface area (Å²) in [7, 11) is 0. The standard InChI is InChI=1S/C21H20ClN5O2/c22-17-4-1-5-18(13-17)29-15-21(28)27-11-9-26(10-12-27)20-7-6-19(24-25-20)16-3-2-8-23-14-16/h1-8,13-14H,9-12,15H2. The number of carbonyl (C=O) groups is 1. The van der Waals surface area contributed by atoms with Gasteiger partial charge in [0.15, 0.2) is 12.4 Å². The van der Waals surface area contributed by atoms with Gasteiger partial charge in [-0.25, -0.2) is 0 Å². The number of pyridine rings is 1. The number of piperazine rings is 1. The second kappa shape index (κ2) is 8.87. The van der Waals surface area contributed by atoms with E-state index >= 15 is 0 Å². The average Bonchev–Trinajstić information content (AvgIpc) is 2.78. The predicted octanol–water partition coefficient (Wildman–Crippen LogP) is 2.92. The quantitative estimate of drug-likeness (QED) is 0.645. The van der Waals surface area contributed by atoms with Crippen LogP contribution in [0.15, 0.2) is 60.9 Å². The van der Waals surface area contributed by atoms with Crippen molar-refractivity contribution in [3.05, 3.63) is 65.9 Å². The van der Waals surface area contributed by atoms with Crippen molar-refractivity contribution in [1.82, 2.24) is 20.1 Å². The topological polar surface area (TPSA) is 71.5 Å². The molecule has 3 heterocycles. The Bertz CT molecular complexity index is 960. The van der Waals surface area contributed by atoms with Gasteiger partial charge in [-0.2, -0.15) is 0 Å². The third-order valence-electron chi connectivity index (χ3n) is 4.72. The highest BCUT2D eigenvalue weighted by Gasteiger charge is 2.22. The van der Waals surface area contributed by atoms with Gasteiger partial charge in [-0.1, -0.05) is 17.7 Å². The minimum Gasteiger partial charge on any atom is -0.484 e. The Kier molecular flexibility index (Phi) is 5.86. The van der Waals surface area contributed by atoms with E-state index in [9.17, 15) is 4.79 Å². The number of carbonyl (C=O) groups excluding carboxylic acids is 1. The van der Waals surface area contributed by atoms with Crippen LogP contribution in [-0.4, -0.2) is 58.8 Å². The smallest absolute Gasteiger partial charge is 0.260 e. The normalized spacial score (nSPS) is 14.0. The second-order valence-electron chi connectivity index (χ2n) is 6.63. The molecule has 1 aliphatic rings. The molecule has 3 aromatic rings. The molecule has 2 aromatic heterocycles. The number of halogens is 1. The van der Waals surface area contributed by atoms with Gasteiger partial charge in [-0.15, -0.1) is 10.2 Å². The Balaban J connectivity index is 1.29. The van der Waals surface area contributed by atoms with Crippen LogP contribution in [0.4, 0.5) is 5.82 Å². The van der Waals surface area contributed by atoms with Gasteiger partial charge in [0, 0.05) is 49.2 Å². The van der Waals surface area contributed by atoms with Gasteiger partial charge in [0.1, 0.15) is 5.75 Å². The molecular weight excluding hydrogens is 390 g/mol. The molecule has 148 valence electrons. The third-order valence-corrected chi connectivity index (χ3v) is 4.96. The zero-order chi connectivity index (χ0) is 20.1. The number of hydrogen-bond donors (Lipinski definition) is 0.